The van der Waals surface area contributed by atoms with Crippen molar-refractivity contribution in [2.45, 2.75) is 102 Å². The highest BCUT2D eigenvalue weighted by atomic mass is 28.4. The van der Waals surface area contributed by atoms with Gasteiger partial charge in [0.15, 0.2) is 20.3 Å². The molecule has 3 saturated heterocycles. The second-order valence-electron chi connectivity index (χ2n) is 15.5. The third-order valence-corrected chi connectivity index (χ3v) is 14.8. The van der Waals surface area contributed by atoms with E-state index in [-0.39, 0.29) is 31.3 Å². The zero-order valence-corrected chi connectivity index (χ0v) is 31.7. The quantitative estimate of drug-likeness (QED) is 0.192. The second-order valence-corrected chi connectivity index (χ2v) is 20.3. The van der Waals surface area contributed by atoms with Crippen LogP contribution in [0.2, 0.25) is 18.1 Å². The van der Waals surface area contributed by atoms with E-state index >= 15 is 0 Å². The average Bonchev–Trinajstić information content (AvgIpc) is 3.75. The third kappa shape index (κ3) is 8.02. The Bertz CT molecular complexity index is 1790. The van der Waals surface area contributed by atoms with Crippen molar-refractivity contribution in [3.8, 4) is 0 Å². The number of carbonyl (C=O) groups is 2. The predicted octanol–water partition coefficient (Wildman–Crippen LogP) is 5.07. The van der Waals surface area contributed by atoms with E-state index in [2.05, 4.69) is 33.9 Å². The maximum Gasteiger partial charge on any atom is 0.338 e. The van der Waals surface area contributed by atoms with Gasteiger partial charge >= 0.3 is 17.6 Å². The summed E-state index contributed by atoms with van der Waals surface area (Å²) in [6.07, 6.45) is -2.97. The van der Waals surface area contributed by atoms with Gasteiger partial charge < -0.3 is 32.8 Å². The molecule has 3 aliphatic rings. The van der Waals surface area contributed by atoms with Gasteiger partial charge in [0.2, 0.25) is 0 Å². The van der Waals surface area contributed by atoms with E-state index < -0.39 is 80.1 Å². The Balaban J connectivity index is 1.24. The minimum atomic E-state index is -2.15. The van der Waals surface area contributed by atoms with Gasteiger partial charge in [-0.25, -0.2) is 19.0 Å². The first kappa shape index (κ1) is 37.8. The van der Waals surface area contributed by atoms with Gasteiger partial charge in [-0.15, -0.1) is 0 Å². The fourth-order valence-electron chi connectivity index (χ4n) is 6.44. The standard InChI is InChI=1S/C38H48N2O11Si/c1-37(2,3)52(6,7)47-23-28-31-32(51-38(4,5)50-31)33(49-28)39-19-18-29(41)40(36(39)44)30-20-26(21-45-34(42)24-14-10-8-11-15-24)27(48-30)22-46-35(43)25-16-12-9-13-17-25/h8-19,26-28,30-33H,20-23H2,1-7H3/t26-,27-,28-,30+,31-,32-,33-/m1/s1. The summed E-state index contributed by atoms with van der Waals surface area (Å²) in [7, 11) is -2.15. The van der Waals surface area contributed by atoms with Gasteiger partial charge in [0.1, 0.15) is 37.3 Å². The smallest absolute Gasteiger partial charge is 0.338 e. The van der Waals surface area contributed by atoms with E-state index in [1.54, 1.807) is 74.5 Å². The Morgan fingerprint density at radius 1 is 0.808 bits per heavy atom. The number of benzene rings is 2. The molecule has 0 N–H and O–H groups in total. The van der Waals surface area contributed by atoms with Crippen LogP contribution in [0.3, 0.4) is 0 Å². The van der Waals surface area contributed by atoms with Gasteiger partial charge in [-0.2, -0.15) is 0 Å². The fourth-order valence-corrected chi connectivity index (χ4v) is 7.46. The number of carbonyl (C=O) groups excluding carboxylic acids is 2. The molecule has 6 rings (SSSR count). The number of fused-ring (bicyclic) bond motifs is 1. The first-order valence-electron chi connectivity index (χ1n) is 17.6. The molecule has 1 aromatic heterocycles. The van der Waals surface area contributed by atoms with Crippen LogP contribution < -0.4 is 11.2 Å². The van der Waals surface area contributed by atoms with Crippen molar-refractivity contribution in [3.05, 3.63) is 105 Å². The largest absolute Gasteiger partial charge is 0.462 e. The summed E-state index contributed by atoms with van der Waals surface area (Å²) in [4.78, 5) is 53.3. The second kappa shape index (κ2) is 14.8. The summed E-state index contributed by atoms with van der Waals surface area (Å²) >= 11 is 0. The molecule has 0 amide bonds. The zero-order chi connectivity index (χ0) is 37.4. The topological polar surface area (TPSA) is 143 Å². The maximum absolute atomic E-state index is 14.3. The van der Waals surface area contributed by atoms with Crippen LogP contribution in [-0.2, 0) is 32.8 Å². The minimum absolute atomic E-state index is 0.0279. The lowest BCUT2D eigenvalue weighted by atomic mass is 10.0. The Morgan fingerprint density at radius 3 is 1.98 bits per heavy atom. The highest BCUT2D eigenvalue weighted by molar-refractivity contribution is 6.74. The first-order valence-corrected chi connectivity index (χ1v) is 20.5. The molecule has 13 nitrogen and oxygen atoms in total. The summed E-state index contributed by atoms with van der Waals surface area (Å²) in [5.41, 5.74) is -0.543. The van der Waals surface area contributed by atoms with Gasteiger partial charge in [0, 0.05) is 24.6 Å². The van der Waals surface area contributed by atoms with Crippen LogP contribution >= 0.6 is 0 Å². The van der Waals surface area contributed by atoms with E-state index in [0.29, 0.717) is 11.1 Å². The summed E-state index contributed by atoms with van der Waals surface area (Å²) < 4.78 is 45.3. The molecule has 14 heteroatoms. The predicted molar refractivity (Wildman–Crippen MR) is 191 cm³/mol. The van der Waals surface area contributed by atoms with E-state index in [1.807, 2.05) is 0 Å². The van der Waals surface area contributed by atoms with Gasteiger partial charge in [-0.3, -0.25) is 9.36 Å². The molecule has 3 fully saturated rings. The van der Waals surface area contributed by atoms with E-state index in [1.165, 1.54) is 16.8 Å². The number of aromatic nitrogens is 2. The molecule has 2 aromatic carbocycles. The molecule has 3 aliphatic heterocycles. The zero-order valence-electron chi connectivity index (χ0n) is 30.7. The van der Waals surface area contributed by atoms with Crippen LogP contribution in [0.25, 0.3) is 0 Å². The SMILES string of the molecule is CC1(C)O[C@@H]2[C@H](O1)[C@@H](CO[Si](C)(C)C(C)(C)C)O[C@H]2n1ccc(=O)n([C@@H]2C[C@H](COC(=O)c3ccccc3)[C@@H](COC(=O)c3ccccc3)O2)c1=O. The Kier molecular flexibility index (Phi) is 10.8. The Hall–Kier alpha value is -3.92. The van der Waals surface area contributed by atoms with Crippen LogP contribution in [0.15, 0.2) is 82.5 Å². The van der Waals surface area contributed by atoms with Crippen LogP contribution in [0.4, 0.5) is 0 Å². The summed E-state index contributed by atoms with van der Waals surface area (Å²) in [5.74, 6) is -2.55. The van der Waals surface area contributed by atoms with Crippen LogP contribution in [-0.4, -0.2) is 79.4 Å². The molecular weight excluding hydrogens is 689 g/mol. The number of hydrogen-bond acceptors (Lipinski definition) is 11. The van der Waals surface area contributed by atoms with Crippen molar-refractivity contribution in [1.82, 2.24) is 9.13 Å². The lowest BCUT2D eigenvalue weighted by Gasteiger charge is -2.37. The minimum Gasteiger partial charge on any atom is -0.462 e. The summed E-state index contributed by atoms with van der Waals surface area (Å²) in [5, 5.41) is -0.0279. The fraction of sp³-hybridized carbons (Fsp3) is 0.526. The van der Waals surface area contributed by atoms with E-state index in [0.717, 1.165) is 4.57 Å². The average molecular weight is 737 g/mol. The molecule has 7 atom stereocenters. The molecule has 280 valence electrons. The van der Waals surface area contributed by atoms with Crippen molar-refractivity contribution in [1.29, 1.82) is 0 Å². The molecule has 0 spiro atoms. The van der Waals surface area contributed by atoms with Gasteiger partial charge in [-0.1, -0.05) is 57.2 Å². The normalized spacial score (nSPS) is 26.9. The Labute approximate surface area is 303 Å². The highest BCUT2D eigenvalue weighted by Crippen LogP contribution is 2.44. The van der Waals surface area contributed by atoms with Gasteiger partial charge in [0.05, 0.1) is 24.3 Å². The molecular formula is C38H48N2O11Si. The van der Waals surface area contributed by atoms with Crippen molar-refractivity contribution < 1.29 is 42.4 Å². The number of rotatable bonds is 11. The highest BCUT2D eigenvalue weighted by Gasteiger charge is 2.57. The van der Waals surface area contributed by atoms with Crippen molar-refractivity contribution in [2.75, 3.05) is 19.8 Å². The summed E-state index contributed by atoms with van der Waals surface area (Å²) in [6.45, 7) is 14.3. The van der Waals surface area contributed by atoms with Crippen molar-refractivity contribution >= 4 is 20.3 Å². The number of nitrogens with zero attached hydrogens (tertiary/aromatic N) is 2. The number of esters is 2. The molecule has 0 saturated carbocycles. The lowest BCUT2D eigenvalue weighted by Crippen LogP contribution is -2.45. The lowest BCUT2D eigenvalue weighted by molar-refractivity contribution is -0.200. The third-order valence-electron chi connectivity index (χ3n) is 10.3. The molecule has 0 unspecified atom stereocenters. The molecule has 52 heavy (non-hydrogen) atoms. The van der Waals surface area contributed by atoms with E-state index in [4.69, 9.17) is 32.8 Å². The Morgan fingerprint density at radius 2 is 1.38 bits per heavy atom. The molecule has 0 radical (unpaired) electrons. The van der Waals surface area contributed by atoms with Crippen LogP contribution in [0, 0.1) is 5.92 Å². The van der Waals surface area contributed by atoms with Crippen molar-refractivity contribution in [3.63, 3.8) is 0 Å². The molecule has 0 bridgehead atoms. The molecule has 0 aliphatic carbocycles. The van der Waals surface area contributed by atoms with Crippen molar-refractivity contribution in [2.24, 2.45) is 5.92 Å². The monoisotopic (exact) mass is 736 g/mol. The maximum atomic E-state index is 14.3. The van der Waals surface area contributed by atoms with E-state index in [9.17, 15) is 19.2 Å². The molecule has 3 aromatic rings. The first-order chi connectivity index (χ1) is 24.5. The van der Waals surface area contributed by atoms with Gasteiger partial charge in [-0.05, 0) is 56.2 Å². The summed E-state index contributed by atoms with van der Waals surface area (Å²) in [6, 6.07) is 18.3. The van der Waals surface area contributed by atoms with Crippen LogP contribution in [0.1, 0.15) is 74.2 Å². The van der Waals surface area contributed by atoms with Gasteiger partial charge in [0.25, 0.3) is 5.56 Å². The number of hydrogen-bond donors (Lipinski definition) is 0. The van der Waals surface area contributed by atoms with Crippen LogP contribution in [0.5, 0.6) is 0 Å². The molecule has 4 heterocycles. The number of ether oxygens (including phenoxy) is 6.